The molecule has 1 aromatic rings. The zero-order chi connectivity index (χ0) is 18.4. The van der Waals surface area contributed by atoms with E-state index in [9.17, 15) is 14.7 Å². The fourth-order valence-corrected chi connectivity index (χ4v) is 2.78. The van der Waals surface area contributed by atoms with Gasteiger partial charge in [0.25, 0.3) is 0 Å². The summed E-state index contributed by atoms with van der Waals surface area (Å²) in [6.45, 7) is 6.45. The molecule has 1 aliphatic heterocycles. The first-order chi connectivity index (χ1) is 11.9. The van der Waals surface area contributed by atoms with Crippen LogP contribution in [-0.2, 0) is 16.0 Å². The molecular formula is C18H27N3O4. The highest BCUT2D eigenvalue weighted by atomic mass is 16.5. The molecule has 1 aliphatic rings. The number of ether oxygens (including phenoxy) is 1. The normalized spacial score (nSPS) is 20.4. The van der Waals surface area contributed by atoms with Crippen LogP contribution in [0, 0.1) is 0 Å². The molecule has 0 aliphatic carbocycles. The van der Waals surface area contributed by atoms with Gasteiger partial charge in [-0.2, -0.15) is 0 Å². The van der Waals surface area contributed by atoms with Gasteiger partial charge in [0.05, 0.1) is 31.8 Å². The summed E-state index contributed by atoms with van der Waals surface area (Å²) in [5.74, 6) is -0.0239. The lowest BCUT2D eigenvalue weighted by Gasteiger charge is -2.36. The summed E-state index contributed by atoms with van der Waals surface area (Å²) in [4.78, 5) is 25.8. The molecule has 1 saturated heterocycles. The van der Waals surface area contributed by atoms with Crippen LogP contribution in [0.2, 0.25) is 0 Å². The highest BCUT2D eigenvalue weighted by Crippen LogP contribution is 2.15. The van der Waals surface area contributed by atoms with Crippen molar-refractivity contribution in [3.05, 3.63) is 29.8 Å². The first-order valence-electron chi connectivity index (χ1n) is 8.58. The summed E-state index contributed by atoms with van der Waals surface area (Å²) in [7, 11) is 0. The van der Waals surface area contributed by atoms with E-state index in [0.717, 1.165) is 5.56 Å². The molecule has 0 unspecified atom stereocenters. The third kappa shape index (κ3) is 6.03. The van der Waals surface area contributed by atoms with E-state index in [0.29, 0.717) is 25.2 Å². The van der Waals surface area contributed by atoms with Crippen molar-refractivity contribution in [2.45, 2.75) is 45.4 Å². The summed E-state index contributed by atoms with van der Waals surface area (Å²) >= 11 is 0. The minimum absolute atomic E-state index is 0.0239. The molecule has 7 heteroatoms. The average molecular weight is 349 g/mol. The third-order valence-electron chi connectivity index (χ3n) is 3.84. The van der Waals surface area contributed by atoms with Crippen LogP contribution < -0.4 is 10.6 Å². The quantitative estimate of drug-likeness (QED) is 0.749. The van der Waals surface area contributed by atoms with Crippen molar-refractivity contribution in [3.8, 4) is 0 Å². The molecule has 0 spiro atoms. The van der Waals surface area contributed by atoms with Gasteiger partial charge < -0.3 is 25.4 Å². The van der Waals surface area contributed by atoms with Gasteiger partial charge in [-0.15, -0.1) is 0 Å². The van der Waals surface area contributed by atoms with E-state index in [1.54, 1.807) is 17.0 Å². The van der Waals surface area contributed by atoms with E-state index in [-0.39, 0.29) is 36.8 Å². The fourth-order valence-electron chi connectivity index (χ4n) is 2.78. The molecule has 0 aromatic heterocycles. The van der Waals surface area contributed by atoms with Gasteiger partial charge in [0.15, 0.2) is 0 Å². The van der Waals surface area contributed by atoms with Gasteiger partial charge in [-0.05, 0) is 38.5 Å². The second-order valence-corrected chi connectivity index (χ2v) is 6.68. The van der Waals surface area contributed by atoms with Crippen molar-refractivity contribution < 1.29 is 19.4 Å². The number of carbonyl (C=O) groups is 2. The van der Waals surface area contributed by atoms with Crippen molar-refractivity contribution in [1.82, 2.24) is 10.2 Å². The van der Waals surface area contributed by atoms with Crippen LogP contribution in [0.4, 0.5) is 10.5 Å². The van der Waals surface area contributed by atoms with E-state index >= 15 is 0 Å². The maximum atomic E-state index is 12.4. The number of aliphatic hydroxyl groups is 1. The lowest BCUT2D eigenvalue weighted by Crippen LogP contribution is -2.51. The van der Waals surface area contributed by atoms with Crippen LogP contribution in [0.1, 0.15) is 26.3 Å². The van der Waals surface area contributed by atoms with Crippen molar-refractivity contribution in [2.75, 3.05) is 25.0 Å². The van der Waals surface area contributed by atoms with Gasteiger partial charge in [0.2, 0.25) is 5.91 Å². The number of morpholine rings is 1. The Morgan fingerprint density at radius 1 is 1.28 bits per heavy atom. The molecule has 2 rings (SSSR count). The molecule has 25 heavy (non-hydrogen) atoms. The number of nitrogens with zero attached hydrogens (tertiary/aromatic N) is 1. The minimum Gasteiger partial charge on any atom is -0.394 e. The van der Waals surface area contributed by atoms with Crippen molar-refractivity contribution in [2.24, 2.45) is 0 Å². The van der Waals surface area contributed by atoms with Gasteiger partial charge in [0, 0.05) is 18.3 Å². The van der Waals surface area contributed by atoms with Crippen LogP contribution in [0.15, 0.2) is 24.3 Å². The molecule has 1 fully saturated rings. The Labute approximate surface area is 148 Å². The summed E-state index contributed by atoms with van der Waals surface area (Å²) < 4.78 is 5.54. The predicted molar refractivity (Wildman–Crippen MR) is 95.4 cm³/mol. The summed E-state index contributed by atoms with van der Waals surface area (Å²) in [5.41, 5.74) is 1.55. The molecule has 3 amide bonds. The highest BCUT2D eigenvalue weighted by molar-refractivity contribution is 5.89. The highest BCUT2D eigenvalue weighted by Gasteiger charge is 2.27. The van der Waals surface area contributed by atoms with Crippen LogP contribution >= 0.6 is 0 Å². The molecular weight excluding hydrogens is 322 g/mol. The summed E-state index contributed by atoms with van der Waals surface area (Å²) in [5, 5.41) is 14.9. The second kappa shape index (κ2) is 8.82. The first kappa shape index (κ1) is 19.2. The van der Waals surface area contributed by atoms with E-state index in [4.69, 9.17) is 4.74 Å². The maximum absolute atomic E-state index is 12.4. The standard InChI is InChI=1S/C18H27N3O4/c1-12(2)19-17(23)8-14-4-6-15(7-5-14)20-18(24)21-9-13(3)25-16(10-21)11-22/h4-7,12-13,16,22H,8-11H2,1-3H3,(H,19,23)(H,20,24)/t13-,16-/m1/s1. The average Bonchev–Trinajstić information content (AvgIpc) is 2.55. The Hall–Kier alpha value is -2.12. The molecule has 0 bridgehead atoms. The zero-order valence-corrected chi connectivity index (χ0v) is 15.0. The van der Waals surface area contributed by atoms with Gasteiger partial charge in [-0.25, -0.2) is 4.79 Å². The largest absolute Gasteiger partial charge is 0.394 e. The molecule has 7 nitrogen and oxygen atoms in total. The van der Waals surface area contributed by atoms with E-state index < -0.39 is 0 Å². The van der Waals surface area contributed by atoms with E-state index in [1.807, 2.05) is 32.9 Å². The number of benzene rings is 1. The Bertz CT molecular complexity index is 588. The minimum atomic E-state index is -0.351. The van der Waals surface area contributed by atoms with Gasteiger partial charge >= 0.3 is 6.03 Å². The molecule has 1 aromatic carbocycles. The summed E-state index contributed by atoms with van der Waals surface area (Å²) in [6.07, 6.45) is -0.152. The van der Waals surface area contributed by atoms with Crippen LogP contribution in [0.5, 0.6) is 0 Å². The molecule has 0 saturated carbocycles. The van der Waals surface area contributed by atoms with Crippen LogP contribution in [0.3, 0.4) is 0 Å². The number of carbonyl (C=O) groups excluding carboxylic acids is 2. The van der Waals surface area contributed by atoms with Crippen molar-refractivity contribution in [3.63, 3.8) is 0 Å². The Morgan fingerprint density at radius 3 is 2.56 bits per heavy atom. The number of amides is 3. The topological polar surface area (TPSA) is 90.9 Å². The number of rotatable bonds is 5. The smallest absolute Gasteiger partial charge is 0.322 e. The SMILES string of the molecule is CC(C)NC(=O)Cc1ccc(NC(=O)N2C[C@H](CO)O[C@H](C)C2)cc1. The lowest BCUT2D eigenvalue weighted by molar-refractivity contribution is -0.120. The first-order valence-corrected chi connectivity index (χ1v) is 8.58. The Morgan fingerprint density at radius 2 is 1.96 bits per heavy atom. The molecule has 138 valence electrons. The Kier molecular flexibility index (Phi) is 6.78. The van der Waals surface area contributed by atoms with E-state index in [2.05, 4.69) is 10.6 Å². The van der Waals surface area contributed by atoms with Gasteiger partial charge in [0.1, 0.15) is 0 Å². The maximum Gasteiger partial charge on any atom is 0.322 e. The van der Waals surface area contributed by atoms with Crippen molar-refractivity contribution >= 4 is 17.6 Å². The second-order valence-electron chi connectivity index (χ2n) is 6.68. The number of anilines is 1. The van der Waals surface area contributed by atoms with E-state index in [1.165, 1.54) is 0 Å². The number of urea groups is 1. The van der Waals surface area contributed by atoms with Crippen molar-refractivity contribution in [1.29, 1.82) is 0 Å². The number of nitrogens with one attached hydrogen (secondary N) is 2. The third-order valence-corrected chi connectivity index (χ3v) is 3.84. The summed E-state index contributed by atoms with van der Waals surface area (Å²) in [6, 6.07) is 7.11. The zero-order valence-electron chi connectivity index (χ0n) is 15.0. The van der Waals surface area contributed by atoms with Crippen LogP contribution in [0.25, 0.3) is 0 Å². The molecule has 2 atom stereocenters. The lowest BCUT2D eigenvalue weighted by atomic mass is 10.1. The number of hydrogen-bond acceptors (Lipinski definition) is 4. The Balaban J connectivity index is 1.90. The molecule has 1 heterocycles. The monoisotopic (exact) mass is 349 g/mol. The van der Waals surface area contributed by atoms with Crippen LogP contribution in [-0.4, -0.2) is 59.9 Å². The molecule has 0 radical (unpaired) electrons. The number of hydrogen-bond donors (Lipinski definition) is 3. The number of aliphatic hydroxyl groups excluding tert-OH is 1. The molecule has 3 N–H and O–H groups in total. The van der Waals surface area contributed by atoms with Gasteiger partial charge in [-0.1, -0.05) is 12.1 Å². The fraction of sp³-hybridized carbons (Fsp3) is 0.556. The predicted octanol–water partition coefficient (Wildman–Crippen LogP) is 1.37. The van der Waals surface area contributed by atoms with Gasteiger partial charge in [-0.3, -0.25) is 4.79 Å².